The van der Waals surface area contributed by atoms with Gasteiger partial charge in [-0.1, -0.05) is 0 Å². The molecule has 0 bridgehead atoms. The third-order valence-corrected chi connectivity index (χ3v) is 2.98. The molecule has 0 saturated carbocycles. The number of hydrogen-bond acceptors (Lipinski definition) is 3. The van der Waals surface area contributed by atoms with E-state index >= 15 is 0 Å². The minimum Gasteiger partial charge on any atom is -0.497 e. The van der Waals surface area contributed by atoms with Gasteiger partial charge >= 0.3 is 0 Å². The molecule has 15 heavy (non-hydrogen) atoms. The van der Waals surface area contributed by atoms with Gasteiger partial charge in [0.25, 0.3) is 0 Å². The molecule has 3 heteroatoms. The van der Waals surface area contributed by atoms with Crippen molar-refractivity contribution >= 4 is 0 Å². The van der Waals surface area contributed by atoms with E-state index in [9.17, 15) is 0 Å². The van der Waals surface area contributed by atoms with Gasteiger partial charge in [-0.2, -0.15) is 0 Å². The van der Waals surface area contributed by atoms with Gasteiger partial charge in [0, 0.05) is 12.0 Å². The minimum absolute atomic E-state index is 0.208. The number of benzene rings is 1. The summed E-state index contributed by atoms with van der Waals surface area (Å²) in [5.74, 6) is 1.69. The number of hydrogen-bond donors (Lipinski definition) is 0. The van der Waals surface area contributed by atoms with Gasteiger partial charge in [-0.3, -0.25) is 0 Å². The molecule has 1 aromatic carbocycles. The molecule has 0 spiro atoms. The lowest BCUT2D eigenvalue weighted by Crippen LogP contribution is -2.37. The average molecular weight is 208 g/mol. The van der Waals surface area contributed by atoms with E-state index in [-0.39, 0.29) is 5.60 Å². The molecule has 0 aromatic heterocycles. The molecule has 82 valence electrons. The molecule has 1 heterocycles. The van der Waals surface area contributed by atoms with Crippen LogP contribution in [0.25, 0.3) is 0 Å². The van der Waals surface area contributed by atoms with Crippen LogP contribution >= 0.6 is 0 Å². The van der Waals surface area contributed by atoms with E-state index in [1.807, 2.05) is 18.2 Å². The molecule has 0 N–H and O–H groups in total. The lowest BCUT2D eigenvalue weighted by Gasteiger charge is -2.39. The molecular weight excluding hydrogens is 192 g/mol. The summed E-state index contributed by atoms with van der Waals surface area (Å²) in [7, 11) is 3.34. The van der Waals surface area contributed by atoms with Crippen molar-refractivity contribution < 1.29 is 14.2 Å². The maximum Gasteiger partial charge on any atom is 0.125 e. The van der Waals surface area contributed by atoms with E-state index in [0.29, 0.717) is 0 Å². The maximum atomic E-state index is 5.61. The van der Waals surface area contributed by atoms with Crippen molar-refractivity contribution in [2.24, 2.45) is 0 Å². The largest absolute Gasteiger partial charge is 0.497 e. The predicted molar refractivity (Wildman–Crippen MR) is 57.5 cm³/mol. The highest BCUT2D eigenvalue weighted by molar-refractivity contribution is 5.44. The molecule has 2 rings (SSSR count). The van der Waals surface area contributed by atoms with Gasteiger partial charge in [0.1, 0.15) is 11.5 Å². The van der Waals surface area contributed by atoms with Gasteiger partial charge in [-0.05, 0) is 25.1 Å². The van der Waals surface area contributed by atoms with E-state index in [1.54, 1.807) is 14.2 Å². The van der Waals surface area contributed by atoms with E-state index in [2.05, 4.69) is 6.92 Å². The Kier molecular flexibility index (Phi) is 2.57. The number of methoxy groups -OCH3 is 2. The summed E-state index contributed by atoms with van der Waals surface area (Å²) < 4.78 is 16.1. The predicted octanol–water partition coefficient (Wildman–Crippen LogP) is 2.34. The zero-order valence-corrected chi connectivity index (χ0v) is 9.37. The Morgan fingerprint density at radius 1 is 1.27 bits per heavy atom. The smallest absolute Gasteiger partial charge is 0.125 e. The van der Waals surface area contributed by atoms with Gasteiger partial charge in [0.05, 0.1) is 26.4 Å². The second-order valence-corrected chi connectivity index (χ2v) is 3.90. The van der Waals surface area contributed by atoms with Crippen LogP contribution in [0.4, 0.5) is 0 Å². The van der Waals surface area contributed by atoms with Gasteiger partial charge in [-0.25, -0.2) is 0 Å². The first kappa shape index (κ1) is 10.3. The normalized spacial score (nSPS) is 24.5. The molecule has 1 unspecified atom stereocenters. The zero-order valence-electron chi connectivity index (χ0n) is 9.37. The Bertz CT molecular complexity index is 356. The molecule has 1 aliphatic rings. The molecule has 0 amide bonds. The SMILES string of the molecule is COc1ccc(OC)c(C2(C)CCO2)c1. The van der Waals surface area contributed by atoms with Crippen LogP contribution in [0.5, 0.6) is 11.5 Å². The molecule has 3 nitrogen and oxygen atoms in total. The van der Waals surface area contributed by atoms with E-state index in [1.165, 1.54) is 0 Å². The molecule has 0 aliphatic carbocycles. The van der Waals surface area contributed by atoms with Crippen LogP contribution in [0.15, 0.2) is 18.2 Å². The Morgan fingerprint density at radius 3 is 2.47 bits per heavy atom. The van der Waals surface area contributed by atoms with Crippen molar-refractivity contribution in [1.29, 1.82) is 0 Å². The highest BCUT2D eigenvalue weighted by atomic mass is 16.5. The maximum absolute atomic E-state index is 5.61. The topological polar surface area (TPSA) is 27.7 Å². The Hall–Kier alpha value is -1.22. The van der Waals surface area contributed by atoms with Gasteiger partial charge in [-0.15, -0.1) is 0 Å². The highest BCUT2D eigenvalue weighted by Crippen LogP contribution is 2.42. The van der Waals surface area contributed by atoms with Crippen molar-refractivity contribution in [2.45, 2.75) is 18.9 Å². The summed E-state index contributed by atoms with van der Waals surface area (Å²) in [6.07, 6.45) is 1.02. The third-order valence-electron chi connectivity index (χ3n) is 2.98. The minimum atomic E-state index is -0.208. The Balaban J connectivity index is 2.41. The zero-order chi connectivity index (χ0) is 10.9. The van der Waals surface area contributed by atoms with E-state index < -0.39 is 0 Å². The van der Waals surface area contributed by atoms with Crippen LogP contribution in [0.2, 0.25) is 0 Å². The average Bonchev–Trinajstić information content (AvgIpc) is 2.25. The molecule has 1 aromatic rings. The number of rotatable bonds is 3. The van der Waals surface area contributed by atoms with Crippen molar-refractivity contribution in [3.05, 3.63) is 23.8 Å². The fourth-order valence-corrected chi connectivity index (χ4v) is 1.85. The quantitative estimate of drug-likeness (QED) is 0.763. The van der Waals surface area contributed by atoms with Crippen LogP contribution in [-0.2, 0) is 10.3 Å². The van der Waals surface area contributed by atoms with Crippen LogP contribution in [0.1, 0.15) is 18.9 Å². The first-order valence-electron chi connectivity index (χ1n) is 5.06. The first-order valence-corrected chi connectivity index (χ1v) is 5.06. The summed E-state index contributed by atoms with van der Waals surface area (Å²) in [6, 6.07) is 5.80. The van der Waals surface area contributed by atoms with Crippen molar-refractivity contribution in [3.63, 3.8) is 0 Å². The summed E-state index contributed by atoms with van der Waals surface area (Å²) in [5, 5.41) is 0. The van der Waals surface area contributed by atoms with Crippen molar-refractivity contribution in [1.82, 2.24) is 0 Å². The monoisotopic (exact) mass is 208 g/mol. The van der Waals surface area contributed by atoms with Crippen molar-refractivity contribution in [2.75, 3.05) is 20.8 Å². The fraction of sp³-hybridized carbons (Fsp3) is 0.500. The molecule has 1 atom stereocenters. The molecule has 1 fully saturated rings. The van der Waals surface area contributed by atoms with Crippen LogP contribution in [-0.4, -0.2) is 20.8 Å². The number of ether oxygens (including phenoxy) is 3. The molecule has 0 radical (unpaired) electrons. The third kappa shape index (κ3) is 1.67. The highest BCUT2D eigenvalue weighted by Gasteiger charge is 2.37. The lowest BCUT2D eigenvalue weighted by molar-refractivity contribution is -0.141. The molecular formula is C12H16O3. The van der Waals surface area contributed by atoms with Crippen LogP contribution in [0.3, 0.4) is 0 Å². The Labute approximate surface area is 90.0 Å². The lowest BCUT2D eigenvalue weighted by atomic mass is 9.87. The fourth-order valence-electron chi connectivity index (χ4n) is 1.85. The van der Waals surface area contributed by atoms with Crippen LogP contribution < -0.4 is 9.47 Å². The first-order chi connectivity index (χ1) is 7.19. The molecule has 1 saturated heterocycles. The van der Waals surface area contributed by atoms with Gasteiger partial charge in [0.15, 0.2) is 0 Å². The summed E-state index contributed by atoms with van der Waals surface area (Å²) in [6.45, 7) is 2.89. The van der Waals surface area contributed by atoms with Crippen LogP contribution in [0, 0.1) is 0 Å². The Morgan fingerprint density at radius 2 is 2.00 bits per heavy atom. The molecule has 1 aliphatic heterocycles. The second-order valence-electron chi connectivity index (χ2n) is 3.90. The van der Waals surface area contributed by atoms with E-state index in [0.717, 1.165) is 30.1 Å². The van der Waals surface area contributed by atoms with Gasteiger partial charge in [0.2, 0.25) is 0 Å². The van der Waals surface area contributed by atoms with E-state index in [4.69, 9.17) is 14.2 Å². The standard InChI is InChI=1S/C12H16O3/c1-12(6-7-15-12)10-8-9(13-2)4-5-11(10)14-3/h4-5,8H,6-7H2,1-3H3. The van der Waals surface area contributed by atoms with Gasteiger partial charge < -0.3 is 14.2 Å². The second kappa shape index (κ2) is 3.74. The van der Waals surface area contributed by atoms with Crippen molar-refractivity contribution in [3.8, 4) is 11.5 Å². The summed E-state index contributed by atoms with van der Waals surface area (Å²) in [4.78, 5) is 0. The summed E-state index contributed by atoms with van der Waals surface area (Å²) >= 11 is 0. The summed E-state index contributed by atoms with van der Waals surface area (Å²) in [5.41, 5.74) is 0.857.